The number of esters is 1. The van der Waals surface area contributed by atoms with Crippen molar-refractivity contribution in [1.82, 2.24) is 0 Å². The smallest absolute Gasteiger partial charge is 0.342 e. The molecule has 1 aromatic carbocycles. The maximum atomic E-state index is 11.6. The Morgan fingerprint density at radius 2 is 1.81 bits per heavy atom. The van der Waals surface area contributed by atoms with Gasteiger partial charge in [0.15, 0.2) is 0 Å². The third-order valence-corrected chi connectivity index (χ3v) is 2.12. The number of quaternary nitrogens is 1. The molecule has 1 rings (SSSR count). The average molecular weight is 344 g/mol. The summed E-state index contributed by atoms with van der Waals surface area (Å²) in [5.74, 6) is -0.524. The molecule has 0 saturated carbocycles. The number of ether oxygens (including phenoxy) is 1. The average Bonchev–Trinajstić information content (AvgIpc) is 2.26. The van der Waals surface area contributed by atoms with Crippen LogP contribution in [0.25, 0.3) is 0 Å². The number of nitrogens with zero attached hydrogens (tertiary/aromatic N) is 1. The third-order valence-electron chi connectivity index (χ3n) is 2.12. The molecule has 1 radical (unpaired) electrons. The summed E-state index contributed by atoms with van der Waals surface area (Å²) in [6.07, 6.45) is 0. The summed E-state index contributed by atoms with van der Waals surface area (Å²) in [5.41, 5.74) is 0.212. The van der Waals surface area contributed by atoms with Crippen molar-refractivity contribution in [3.63, 3.8) is 0 Å². The molecule has 21 heavy (non-hydrogen) atoms. The van der Waals surface area contributed by atoms with E-state index in [-0.39, 0.29) is 62.7 Å². The van der Waals surface area contributed by atoms with E-state index in [2.05, 4.69) is 0 Å². The van der Waals surface area contributed by atoms with Crippen molar-refractivity contribution in [2.75, 3.05) is 34.3 Å². The molecule has 0 amide bonds. The van der Waals surface area contributed by atoms with Crippen molar-refractivity contribution in [2.24, 2.45) is 0 Å². The van der Waals surface area contributed by atoms with Crippen LogP contribution in [-0.4, -0.2) is 115 Å². The van der Waals surface area contributed by atoms with Crippen molar-refractivity contribution in [3.8, 4) is 5.75 Å². The molecule has 0 saturated heterocycles. The molecule has 0 aliphatic heterocycles. The number of likely N-dealkylation sites (N-methyl/N-ethyl adjacent to an activating group) is 1. The maximum absolute atomic E-state index is 11.6. The van der Waals surface area contributed by atoms with Crippen LogP contribution in [0.2, 0.25) is 0 Å². The number of phenolic OH excluding ortho intramolecular Hbond substituents is 1. The van der Waals surface area contributed by atoms with Crippen LogP contribution in [-0.2, 0) is 16.1 Å². The van der Waals surface area contributed by atoms with E-state index >= 15 is 0 Å². The van der Waals surface area contributed by atoms with Gasteiger partial charge in [0.25, 0.3) is 0 Å². The minimum atomic E-state index is -2.86. The van der Waals surface area contributed by atoms with Crippen LogP contribution >= 0.6 is 0 Å². The number of carbonyl (C=O) groups is 1. The number of aromatic hydroxyl groups is 1. The SMILES string of the molecule is C[N+](C)(C)CCOC(=O)c1ccccc1O.O=S([O-])O.[K]. The predicted molar refractivity (Wildman–Crippen MR) is 78.6 cm³/mol. The first-order valence-electron chi connectivity index (χ1n) is 5.67. The molecule has 0 aliphatic rings. The van der Waals surface area contributed by atoms with Crippen molar-refractivity contribution in [3.05, 3.63) is 29.8 Å². The number of rotatable bonds is 4. The van der Waals surface area contributed by atoms with Crippen LogP contribution in [0.4, 0.5) is 0 Å². The summed E-state index contributed by atoms with van der Waals surface area (Å²) in [7, 11) is 6.06. The van der Waals surface area contributed by atoms with Gasteiger partial charge < -0.3 is 23.4 Å². The molecule has 0 bridgehead atoms. The number of hydrogen-bond donors (Lipinski definition) is 2. The molecule has 0 aromatic heterocycles. The molecular formula is C12H19KNO6S. The van der Waals surface area contributed by atoms with Gasteiger partial charge in [-0.1, -0.05) is 12.1 Å². The van der Waals surface area contributed by atoms with Crippen LogP contribution in [0.15, 0.2) is 24.3 Å². The van der Waals surface area contributed by atoms with Crippen LogP contribution < -0.4 is 0 Å². The summed E-state index contributed by atoms with van der Waals surface area (Å²) in [6, 6.07) is 6.37. The number of phenols is 1. The van der Waals surface area contributed by atoms with Gasteiger partial charge >= 0.3 is 5.97 Å². The molecule has 115 valence electrons. The van der Waals surface area contributed by atoms with Gasteiger partial charge in [0.2, 0.25) is 0 Å². The van der Waals surface area contributed by atoms with Crippen molar-refractivity contribution >= 4 is 68.7 Å². The van der Waals surface area contributed by atoms with Gasteiger partial charge in [-0.2, -0.15) is 0 Å². The molecular weight excluding hydrogens is 325 g/mol. The third kappa shape index (κ3) is 13.5. The largest absolute Gasteiger partial charge is 0.750 e. The van der Waals surface area contributed by atoms with E-state index in [0.29, 0.717) is 6.61 Å². The Bertz CT molecular complexity index is 459. The molecule has 0 fully saturated rings. The van der Waals surface area contributed by atoms with E-state index in [1.807, 2.05) is 21.1 Å². The monoisotopic (exact) mass is 344 g/mol. The molecule has 0 heterocycles. The van der Waals surface area contributed by atoms with Gasteiger partial charge in [-0.05, 0) is 12.1 Å². The Morgan fingerprint density at radius 1 is 1.33 bits per heavy atom. The minimum absolute atomic E-state index is 0. The first kappa shape index (κ1) is 23.4. The zero-order valence-corrected chi connectivity index (χ0v) is 16.5. The quantitative estimate of drug-likeness (QED) is 0.350. The van der Waals surface area contributed by atoms with Crippen LogP contribution in [0.3, 0.4) is 0 Å². The second-order valence-electron chi connectivity index (χ2n) is 4.88. The molecule has 0 aliphatic carbocycles. The standard InChI is InChI=1S/C12H17NO3.K.H2O3S/c1-13(2,3)8-9-16-12(15)10-6-4-5-7-11(10)14;;1-4(2)3/h4-7H,8-9H2,1-3H3;;(H2,1,2,3). The maximum Gasteiger partial charge on any atom is 0.342 e. The van der Waals surface area contributed by atoms with Crippen molar-refractivity contribution < 1.29 is 32.4 Å². The normalized spacial score (nSPS) is 11.5. The molecule has 9 heteroatoms. The fraction of sp³-hybridized carbons (Fsp3) is 0.417. The Hall–Kier alpha value is 0.156. The second-order valence-corrected chi connectivity index (χ2v) is 5.32. The van der Waals surface area contributed by atoms with E-state index in [1.54, 1.807) is 18.2 Å². The first-order valence-corrected chi connectivity index (χ1v) is 6.70. The van der Waals surface area contributed by atoms with E-state index in [1.165, 1.54) is 6.07 Å². The molecule has 2 N–H and O–H groups in total. The number of carbonyl (C=O) groups excluding carboxylic acids is 1. The van der Waals surface area contributed by atoms with Gasteiger partial charge in [0.1, 0.15) is 24.5 Å². The minimum Gasteiger partial charge on any atom is -0.750 e. The van der Waals surface area contributed by atoms with Crippen LogP contribution in [0.1, 0.15) is 10.4 Å². The second kappa shape index (κ2) is 11.7. The Kier molecular flexibility index (Phi) is 13.0. The fourth-order valence-corrected chi connectivity index (χ4v) is 1.14. The summed E-state index contributed by atoms with van der Waals surface area (Å²) in [6.45, 7) is 1.08. The van der Waals surface area contributed by atoms with Crippen LogP contribution in [0.5, 0.6) is 5.75 Å². The Balaban J connectivity index is 0. The first-order chi connectivity index (χ1) is 9.13. The van der Waals surface area contributed by atoms with Crippen LogP contribution in [0, 0.1) is 0 Å². The number of para-hydroxylation sites is 1. The van der Waals surface area contributed by atoms with E-state index in [9.17, 15) is 9.90 Å². The van der Waals surface area contributed by atoms with Gasteiger partial charge in [-0.3, -0.25) is 0 Å². The number of hydrogen-bond acceptors (Lipinski definition) is 5. The van der Waals surface area contributed by atoms with Gasteiger partial charge in [-0.25, -0.2) is 9.00 Å². The molecule has 7 nitrogen and oxygen atoms in total. The molecule has 1 aromatic rings. The predicted octanol–water partition coefficient (Wildman–Crippen LogP) is 0.213. The molecule has 1 unspecified atom stereocenters. The van der Waals surface area contributed by atoms with Crippen molar-refractivity contribution in [2.45, 2.75) is 0 Å². The van der Waals surface area contributed by atoms with Gasteiger partial charge in [0.05, 0.1) is 32.5 Å². The van der Waals surface area contributed by atoms with Gasteiger partial charge in [0, 0.05) is 51.4 Å². The topological polar surface area (TPSA) is 107 Å². The van der Waals surface area contributed by atoms with E-state index < -0.39 is 17.3 Å². The summed E-state index contributed by atoms with van der Waals surface area (Å²) in [4.78, 5) is 11.6. The summed E-state index contributed by atoms with van der Waals surface area (Å²) >= 11 is -2.86. The molecule has 1 atom stereocenters. The molecule has 0 spiro atoms. The Labute approximate surface area is 169 Å². The fourth-order valence-electron chi connectivity index (χ4n) is 1.14. The van der Waals surface area contributed by atoms with Crippen molar-refractivity contribution in [1.29, 1.82) is 0 Å². The summed E-state index contributed by atoms with van der Waals surface area (Å²) < 4.78 is 29.9. The Morgan fingerprint density at radius 3 is 2.24 bits per heavy atom. The van der Waals surface area contributed by atoms with E-state index in [0.717, 1.165) is 11.0 Å². The number of benzene rings is 1. The van der Waals surface area contributed by atoms with Gasteiger partial charge in [-0.15, -0.1) is 0 Å². The summed E-state index contributed by atoms with van der Waals surface area (Å²) in [5, 5.41) is 9.44. The van der Waals surface area contributed by atoms with E-state index in [4.69, 9.17) is 18.1 Å². The zero-order chi connectivity index (χ0) is 15.8. The zero-order valence-electron chi connectivity index (χ0n) is 12.6.